The number of hydrogen-bond donors (Lipinski definition) is 0. The predicted octanol–water partition coefficient (Wildman–Crippen LogP) is 4.16. The summed E-state index contributed by atoms with van der Waals surface area (Å²) in [5.41, 5.74) is -4.45. The zero-order valence-corrected chi connectivity index (χ0v) is 10.5. The van der Waals surface area contributed by atoms with Crippen LogP contribution in [-0.2, 0) is 9.53 Å². The summed E-state index contributed by atoms with van der Waals surface area (Å²) < 4.78 is 82.6. The molecule has 0 amide bonds. The Hall–Kier alpha value is -1.21. The summed E-state index contributed by atoms with van der Waals surface area (Å²) in [6.45, 7) is 2.84. The van der Waals surface area contributed by atoms with E-state index in [9.17, 15) is 31.1 Å². The van der Waals surface area contributed by atoms with E-state index >= 15 is 0 Å². The van der Waals surface area contributed by atoms with E-state index in [4.69, 9.17) is 0 Å². The van der Waals surface area contributed by atoms with E-state index in [1.165, 1.54) is 0 Å². The lowest BCUT2D eigenvalue weighted by molar-refractivity contribution is -0.387. The number of carbonyl (C=O) groups excluding carboxylic acids is 1. The molecule has 116 valence electrons. The van der Waals surface area contributed by atoms with Gasteiger partial charge in [0.15, 0.2) is 0 Å². The van der Waals surface area contributed by atoms with Crippen molar-refractivity contribution in [2.75, 3.05) is 0 Å². The van der Waals surface area contributed by atoms with E-state index in [2.05, 4.69) is 11.3 Å². The van der Waals surface area contributed by atoms with Gasteiger partial charge in [-0.25, -0.2) is 4.79 Å². The Morgan fingerprint density at radius 2 is 1.45 bits per heavy atom. The Balaban J connectivity index is 3.32. The Morgan fingerprint density at radius 1 is 1.00 bits per heavy atom. The van der Waals surface area contributed by atoms with Crippen molar-refractivity contribution in [2.24, 2.45) is 5.92 Å². The van der Waals surface area contributed by atoms with Gasteiger partial charge < -0.3 is 4.74 Å². The van der Waals surface area contributed by atoms with Crippen LogP contribution in [0.25, 0.3) is 0 Å². The molecule has 0 aromatic rings. The van der Waals surface area contributed by atoms with Gasteiger partial charge in [0.1, 0.15) is 0 Å². The van der Waals surface area contributed by atoms with E-state index in [0.29, 0.717) is 12.5 Å². The molecule has 0 aliphatic heterocycles. The third-order valence-electron chi connectivity index (χ3n) is 3.45. The number of esters is 1. The third-order valence-corrected chi connectivity index (χ3v) is 3.45. The van der Waals surface area contributed by atoms with Crippen LogP contribution < -0.4 is 0 Å². The van der Waals surface area contributed by atoms with Gasteiger partial charge in [-0.3, -0.25) is 0 Å². The summed E-state index contributed by atoms with van der Waals surface area (Å²) in [4.78, 5) is 11.0. The number of hydrogen-bond acceptors (Lipinski definition) is 2. The molecule has 0 spiro atoms. The second-order valence-electron chi connectivity index (χ2n) is 4.69. The zero-order chi connectivity index (χ0) is 15.6. The molecule has 0 N–H and O–H groups in total. The monoisotopic (exact) mass is 304 g/mol. The highest BCUT2D eigenvalue weighted by Gasteiger charge is 2.77. The fraction of sp³-hybridized carbons (Fsp3) is 0.750. The summed E-state index contributed by atoms with van der Waals surface area (Å²) in [6, 6.07) is 0. The summed E-state index contributed by atoms with van der Waals surface area (Å²) in [6.07, 6.45) is -10.7. The Kier molecular flexibility index (Phi) is 4.76. The average molecular weight is 304 g/mol. The van der Waals surface area contributed by atoms with Crippen LogP contribution in [0.2, 0.25) is 0 Å². The molecule has 0 aromatic heterocycles. The van der Waals surface area contributed by atoms with E-state index < -0.39 is 29.8 Å². The van der Waals surface area contributed by atoms with Gasteiger partial charge in [0.25, 0.3) is 0 Å². The van der Waals surface area contributed by atoms with Gasteiger partial charge in [-0.15, -0.1) is 0 Å². The number of alkyl halides is 6. The van der Waals surface area contributed by atoms with Crippen molar-refractivity contribution in [3.8, 4) is 0 Å². The summed E-state index contributed by atoms with van der Waals surface area (Å²) >= 11 is 0. The van der Waals surface area contributed by atoms with Crippen LogP contribution in [0.15, 0.2) is 12.7 Å². The highest BCUT2D eigenvalue weighted by atomic mass is 19.4. The predicted molar refractivity (Wildman–Crippen MR) is 57.7 cm³/mol. The maximum atomic E-state index is 13.1. The first kappa shape index (κ1) is 16.8. The Morgan fingerprint density at radius 3 is 1.80 bits per heavy atom. The van der Waals surface area contributed by atoms with Gasteiger partial charge in [0, 0.05) is 12.0 Å². The number of ether oxygens (including phenoxy) is 1. The molecule has 0 heterocycles. The molecule has 20 heavy (non-hydrogen) atoms. The molecule has 0 radical (unpaired) electrons. The molecular formula is C12H14F6O2. The minimum absolute atomic E-state index is 0.240. The lowest BCUT2D eigenvalue weighted by Gasteiger charge is -2.43. The van der Waals surface area contributed by atoms with Crippen LogP contribution in [-0.4, -0.2) is 23.9 Å². The van der Waals surface area contributed by atoms with Crippen LogP contribution in [0.4, 0.5) is 26.3 Å². The molecule has 0 saturated heterocycles. The van der Waals surface area contributed by atoms with Crippen LogP contribution in [0.5, 0.6) is 0 Å². The molecule has 0 bridgehead atoms. The standard InChI is InChI=1S/C12H14F6O2/c1-2-9(19)20-10(11(13,14)15,12(16,17)18)8-6-4-3-5-7-8/h2,8H,1,3-7H2. The van der Waals surface area contributed by atoms with Crippen molar-refractivity contribution < 1.29 is 35.9 Å². The fourth-order valence-electron chi connectivity index (χ4n) is 2.53. The van der Waals surface area contributed by atoms with Gasteiger partial charge in [0.05, 0.1) is 0 Å². The molecule has 1 rings (SSSR count). The maximum absolute atomic E-state index is 13.1. The molecule has 1 aliphatic carbocycles. The molecule has 1 saturated carbocycles. The quantitative estimate of drug-likeness (QED) is 0.444. The van der Waals surface area contributed by atoms with E-state index in [1.54, 1.807) is 0 Å². The van der Waals surface area contributed by atoms with Gasteiger partial charge in [-0.2, -0.15) is 26.3 Å². The van der Waals surface area contributed by atoms with Gasteiger partial charge >= 0.3 is 23.9 Å². The van der Waals surface area contributed by atoms with Crippen molar-refractivity contribution in [3.63, 3.8) is 0 Å². The SMILES string of the molecule is C=CC(=O)OC(C1CCCCC1)(C(F)(F)F)C(F)(F)F. The van der Waals surface area contributed by atoms with Crippen molar-refractivity contribution in [2.45, 2.75) is 50.1 Å². The van der Waals surface area contributed by atoms with Crippen LogP contribution in [0, 0.1) is 5.92 Å². The smallest absolute Gasteiger partial charge is 0.436 e. The normalized spacial score (nSPS) is 18.7. The molecule has 0 atom stereocenters. The lowest BCUT2D eigenvalue weighted by Crippen LogP contribution is -2.64. The first-order valence-corrected chi connectivity index (χ1v) is 6.05. The first-order valence-electron chi connectivity index (χ1n) is 6.05. The van der Waals surface area contributed by atoms with Crippen molar-refractivity contribution in [3.05, 3.63) is 12.7 Å². The number of halogens is 6. The van der Waals surface area contributed by atoms with E-state index in [0.717, 1.165) is 0 Å². The fourth-order valence-corrected chi connectivity index (χ4v) is 2.53. The Bertz CT molecular complexity index is 351. The highest BCUT2D eigenvalue weighted by Crippen LogP contribution is 2.54. The lowest BCUT2D eigenvalue weighted by atomic mass is 9.75. The van der Waals surface area contributed by atoms with Crippen molar-refractivity contribution in [1.29, 1.82) is 0 Å². The van der Waals surface area contributed by atoms with E-state index in [1.807, 2.05) is 0 Å². The topological polar surface area (TPSA) is 26.3 Å². The third kappa shape index (κ3) is 2.93. The molecule has 1 fully saturated rings. The van der Waals surface area contributed by atoms with Gasteiger partial charge in [-0.05, 0) is 12.8 Å². The van der Waals surface area contributed by atoms with Crippen LogP contribution in [0.1, 0.15) is 32.1 Å². The molecule has 2 nitrogen and oxygen atoms in total. The summed E-state index contributed by atoms with van der Waals surface area (Å²) in [5.74, 6) is -3.55. The molecule has 0 aromatic carbocycles. The van der Waals surface area contributed by atoms with Crippen molar-refractivity contribution >= 4 is 5.97 Å². The second-order valence-corrected chi connectivity index (χ2v) is 4.69. The van der Waals surface area contributed by atoms with Crippen LogP contribution in [0.3, 0.4) is 0 Å². The molecule has 8 heteroatoms. The summed E-state index contributed by atoms with van der Waals surface area (Å²) in [7, 11) is 0. The summed E-state index contributed by atoms with van der Waals surface area (Å²) in [5, 5.41) is 0. The van der Waals surface area contributed by atoms with Gasteiger partial charge in [0.2, 0.25) is 0 Å². The van der Waals surface area contributed by atoms with Crippen LogP contribution >= 0.6 is 0 Å². The highest BCUT2D eigenvalue weighted by molar-refractivity contribution is 5.81. The van der Waals surface area contributed by atoms with Crippen molar-refractivity contribution in [1.82, 2.24) is 0 Å². The second kappa shape index (κ2) is 5.65. The average Bonchev–Trinajstić information content (AvgIpc) is 2.33. The zero-order valence-electron chi connectivity index (χ0n) is 10.5. The Labute approximate surface area is 111 Å². The van der Waals surface area contributed by atoms with E-state index in [-0.39, 0.29) is 25.7 Å². The molecule has 0 unspecified atom stereocenters. The maximum Gasteiger partial charge on any atom is 0.437 e. The van der Waals surface area contributed by atoms with Gasteiger partial charge in [-0.1, -0.05) is 25.8 Å². The first-order chi connectivity index (χ1) is 9.06. The minimum Gasteiger partial charge on any atom is -0.436 e. The number of rotatable bonds is 3. The minimum atomic E-state index is -5.73. The molecular weight excluding hydrogens is 290 g/mol. The molecule has 1 aliphatic rings. The largest absolute Gasteiger partial charge is 0.437 e. The number of carbonyl (C=O) groups is 1.